The number of rotatable bonds is 7. The Hall–Kier alpha value is -1.03. The van der Waals surface area contributed by atoms with Crippen molar-refractivity contribution in [2.24, 2.45) is 0 Å². The van der Waals surface area contributed by atoms with Crippen LogP contribution in [-0.2, 0) is 6.54 Å². The van der Waals surface area contributed by atoms with Crippen molar-refractivity contribution in [1.82, 2.24) is 5.32 Å². The van der Waals surface area contributed by atoms with Gasteiger partial charge in [0, 0.05) is 12.1 Å². The van der Waals surface area contributed by atoms with E-state index >= 15 is 0 Å². The summed E-state index contributed by atoms with van der Waals surface area (Å²) in [6.45, 7) is 8.87. The summed E-state index contributed by atoms with van der Waals surface area (Å²) < 4.78 is 5.46. The van der Waals surface area contributed by atoms with Crippen LogP contribution in [0, 0.1) is 0 Å². The monoisotopic (exact) mass is 271 g/mol. The minimum Gasteiger partial charge on any atom is -0.490 e. The second-order valence-electron chi connectivity index (χ2n) is 4.64. The Bertz CT molecular complexity index is 367. The van der Waals surface area contributed by atoms with E-state index in [0.29, 0.717) is 13.2 Å². The molecule has 0 heterocycles. The highest BCUT2D eigenvalue weighted by Crippen LogP contribution is 2.14. The van der Waals surface area contributed by atoms with E-state index in [9.17, 15) is 0 Å². The molecule has 1 aromatic rings. The Morgan fingerprint density at radius 1 is 1.44 bits per heavy atom. The molecule has 0 aromatic heterocycles. The number of aliphatic hydroxyl groups is 1. The number of aliphatic hydroxyl groups excluding tert-OH is 1. The van der Waals surface area contributed by atoms with E-state index in [4.69, 9.17) is 9.84 Å². The molecule has 0 atom stereocenters. The van der Waals surface area contributed by atoms with E-state index in [1.165, 1.54) is 0 Å². The van der Waals surface area contributed by atoms with Crippen molar-refractivity contribution in [3.05, 3.63) is 42.5 Å². The number of hydrogen-bond acceptors (Lipinski definition) is 3. The van der Waals surface area contributed by atoms with Gasteiger partial charge in [-0.2, -0.15) is 0 Å². The molecule has 0 fully saturated rings. The molecule has 1 aromatic carbocycles. The largest absolute Gasteiger partial charge is 0.490 e. The topological polar surface area (TPSA) is 41.5 Å². The molecular weight excluding hydrogens is 250 g/mol. The lowest BCUT2D eigenvalue weighted by molar-refractivity contribution is 0.187. The Labute approximate surface area is 115 Å². The van der Waals surface area contributed by atoms with Gasteiger partial charge in [0.25, 0.3) is 0 Å². The lowest BCUT2D eigenvalue weighted by Gasteiger charge is -2.23. The van der Waals surface area contributed by atoms with Crippen molar-refractivity contribution in [3.63, 3.8) is 0 Å². The number of nitrogens with one attached hydrogen (secondary N) is 1. The Morgan fingerprint density at radius 2 is 2.17 bits per heavy atom. The van der Waals surface area contributed by atoms with Crippen LogP contribution in [0.5, 0.6) is 5.75 Å². The zero-order chi connectivity index (χ0) is 12.7. The van der Waals surface area contributed by atoms with Crippen LogP contribution in [0.3, 0.4) is 0 Å². The molecule has 0 saturated heterocycles. The van der Waals surface area contributed by atoms with Gasteiger partial charge in [-0.25, -0.2) is 0 Å². The molecule has 1 rings (SSSR count). The first kappa shape index (κ1) is 17.0. The van der Waals surface area contributed by atoms with Gasteiger partial charge in [-0.3, -0.25) is 0 Å². The number of benzene rings is 1. The molecule has 3 nitrogen and oxygen atoms in total. The van der Waals surface area contributed by atoms with E-state index in [2.05, 4.69) is 11.9 Å². The molecule has 0 spiro atoms. The van der Waals surface area contributed by atoms with Gasteiger partial charge in [0.15, 0.2) is 0 Å². The summed E-state index contributed by atoms with van der Waals surface area (Å²) >= 11 is 0. The van der Waals surface area contributed by atoms with Crippen molar-refractivity contribution < 1.29 is 9.84 Å². The van der Waals surface area contributed by atoms with E-state index in [0.717, 1.165) is 11.3 Å². The van der Waals surface area contributed by atoms with Crippen LogP contribution in [0.2, 0.25) is 0 Å². The summed E-state index contributed by atoms with van der Waals surface area (Å²) in [6, 6.07) is 7.90. The minimum atomic E-state index is -0.266. The number of halogens is 1. The van der Waals surface area contributed by atoms with Gasteiger partial charge >= 0.3 is 0 Å². The van der Waals surface area contributed by atoms with Gasteiger partial charge in [0.1, 0.15) is 12.4 Å². The fraction of sp³-hybridized carbons (Fsp3) is 0.429. The summed E-state index contributed by atoms with van der Waals surface area (Å²) in [4.78, 5) is 0. The predicted octanol–water partition coefficient (Wildman–Crippen LogP) is 2.53. The molecule has 0 unspecified atom stereocenters. The molecule has 4 heteroatoms. The van der Waals surface area contributed by atoms with Gasteiger partial charge in [0.2, 0.25) is 0 Å². The van der Waals surface area contributed by atoms with Crippen molar-refractivity contribution in [2.75, 3.05) is 13.2 Å². The van der Waals surface area contributed by atoms with E-state index in [1.807, 2.05) is 38.1 Å². The SMILES string of the molecule is C=CCOc1cccc(CNC(C)(C)CO)c1.Cl. The van der Waals surface area contributed by atoms with Gasteiger partial charge in [-0.1, -0.05) is 24.8 Å². The van der Waals surface area contributed by atoms with Gasteiger partial charge in [-0.15, -0.1) is 12.4 Å². The number of hydrogen-bond donors (Lipinski definition) is 2. The normalized spacial score (nSPS) is 10.6. The van der Waals surface area contributed by atoms with E-state index < -0.39 is 0 Å². The molecule has 0 bridgehead atoms. The second-order valence-corrected chi connectivity index (χ2v) is 4.64. The molecule has 0 aliphatic heterocycles. The average molecular weight is 272 g/mol. The van der Waals surface area contributed by atoms with E-state index in [1.54, 1.807) is 6.08 Å². The van der Waals surface area contributed by atoms with Crippen molar-refractivity contribution >= 4 is 12.4 Å². The van der Waals surface area contributed by atoms with Gasteiger partial charge < -0.3 is 15.2 Å². The summed E-state index contributed by atoms with van der Waals surface area (Å²) in [5, 5.41) is 12.4. The first-order valence-electron chi connectivity index (χ1n) is 5.76. The van der Waals surface area contributed by atoms with Crippen LogP contribution < -0.4 is 10.1 Å². The lowest BCUT2D eigenvalue weighted by Crippen LogP contribution is -2.42. The summed E-state index contributed by atoms with van der Waals surface area (Å²) in [6.07, 6.45) is 1.72. The third-order valence-corrected chi connectivity index (χ3v) is 2.43. The Balaban J connectivity index is 0.00000289. The molecule has 0 amide bonds. The summed E-state index contributed by atoms with van der Waals surface area (Å²) in [7, 11) is 0. The van der Waals surface area contributed by atoms with Crippen molar-refractivity contribution in [1.29, 1.82) is 0 Å². The first-order chi connectivity index (χ1) is 8.07. The maximum absolute atomic E-state index is 9.14. The highest BCUT2D eigenvalue weighted by molar-refractivity contribution is 5.85. The third kappa shape index (κ3) is 6.05. The fourth-order valence-electron chi connectivity index (χ4n) is 1.30. The maximum Gasteiger partial charge on any atom is 0.120 e. The van der Waals surface area contributed by atoms with Gasteiger partial charge in [-0.05, 0) is 31.5 Å². The van der Waals surface area contributed by atoms with Crippen LogP contribution in [0.1, 0.15) is 19.4 Å². The lowest BCUT2D eigenvalue weighted by atomic mass is 10.1. The molecule has 0 aliphatic carbocycles. The standard InChI is InChI=1S/C14H21NO2.ClH/c1-4-8-17-13-7-5-6-12(9-13)10-15-14(2,3)11-16;/h4-7,9,15-16H,1,8,10-11H2,2-3H3;1H. The highest BCUT2D eigenvalue weighted by Gasteiger charge is 2.14. The van der Waals surface area contributed by atoms with Crippen LogP contribution in [0.25, 0.3) is 0 Å². The average Bonchev–Trinajstić information content (AvgIpc) is 2.35. The van der Waals surface area contributed by atoms with Crippen molar-refractivity contribution in [3.8, 4) is 5.75 Å². The molecule has 0 saturated carbocycles. The third-order valence-electron chi connectivity index (χ3n) is 2.43. The molecule has 0 radical (unpaired) electrons. The fourth-order valence-corrected chi connectivity index (χ4v) is 1.30. The summed E-state index contributed by atoms with van der Waals surface area (Å²) in [5.41, 5.74) is 0.867. The molecule has 102 valence electrons. The minimum absolute atomic E-state index is 0. The zero-order valence-corrected chi connectivity index (χ0v) is 11.8. The predicted molar refractivity (Wildman–Crippen MR) is 77.4 cm³/mol. The number of ether oxygens (including phenoxy) is 1. The molecule has 0 aliphatic rings. The molecule has 18 heavy (non-hydrogen) atoms. The van der Waals surface area contributed by atoms with Crippen LogP contribution in [0.15, 0.2) is 36.9 Å². The van der Waals surface area contributed by atoms with Crippen LogP contribution >= 0.6 is 12.4 Å². The first-order valence-corrected chi connectivity index (χ1v) is 5.76. The Kier molecular flexibility index (Phi) is 7.67. The summed E-state index contributed by atoms with van der Waals surface area (Å²) in [5.74, 6) is 0.839. The van der Waals surface area contributed by atoms with E-state index in [-0.39, 0.29) is 24.6 Å². The van der Waals surface area contributed by atoms with Crippen LogP contribution in [0.4, 0.5) is 0 Å². The molecular formula is C14H22ClNO2. The quantitative estimate of drug-likeness (QED) is 0.749. The van der Waals surface area contributed by atoms with Crippen LogP contribution in [-0.4, -0.2) is 23.9 Å². The smallest absolute Gasteiger partial charge is 0.120 e. The second kappa shape index (κ2) is 8.14. The van der Waals surface area contributed by atoms with Crippen molar-refractivity contribution in [2.45, 2.75) is 25.9 Å². The van der Waals surface area contributed by atoms with Gasteiger partial charge in [0.05, 0.1) is 6.61 Å². The highest BCUT2D eigenvalue weighted by atomic mass is 35.5. The molecule has 2 N–H and O–H groups in total. The Morgan fingerprint density at radius 3 is 2.78 bits per heavy atom. The maximum atomic E-state index is 9.14. The zero-order valence-electron chi connectivity index (χ0n) is 11.0.